The van der Waals surface area contributed by atoms with Crippen molar-refractivity contribution in [1.29, 1.82) is 0 Å². The highest BCUT2D eigenvalue weighted by molar-refractivity contribution is 5.99. The Morgan fingerprint density at radius 2 is 2.44 bits per heavy atom. The van der Waals surface area contributed by atoms with Gasteiger partial charge in [-0.2, -0.15) is 10.2 Å². The van der Waals surface area contributed by atoms with Crippen molar-refractivity contribution in [2.24, 2.45) is 15.3 Å². The molecule has 0 aliphatic carbocycles. The number of nitrogens with zero attached hydrogens (tertiary/aromatic N) is 4. The highest BCUT2D eigenvalue weighted by Crippen LogP contribution is 2.05. The molecule has 0 aromatic rings. The SMILES string of the molecule is C1=NN=C2CC=NN2C1. The molecule has 2 heterocycles. The summed E-state index contributed by atoms with van der Waals surface area (Å²) >= 11 is 0. The number of hydrogen-bond acceptors (Lipinski definition) is 4. The zero-order chi connectivity index (χ0) is 6.10. The van der Waals surface area contributed by atoms with Crippen LogP contribution in [0.5, 0.6) is 0 Å². The predicted octanol–water partition coefficient (Wildman–Crippen LogP) is 0.0758. The van der Waals surface area contributed by atoms with Crippen LogP contribution >= 0.6 is 0 Å². The highest BCUT2D eigenvalue weighted by Gasteiger charge is 2.15. The van der Waals surface area contributed by atoms with E-state index in [4.69, 9.17) is 0 Å². The van der Waals surface area contributed by atoms with Crippen molar-refractivity contribution < 1.29 is 0 Å². The van der Waals surface area contributed by atoms with Crippen molar-refractivity contribution in [2.45, 2.75) is 6.42 Å². The Labute approximate surface area is 52.6 Å². The summed E-state index contributed by atoms with van der Waals surface area (Å²) < 4.78 is 0. The van der Waals surface area contributed by atoms with Gasteiger partial charge in [0.25, 0.3) is 0 Å². The molecule has 0 saturated carbocycles. The summed E-state index contributed by atoms with van der Waals surface area (Å²) in [5, 5.41) is 13.5. The van der Waals surface area contributed by atoms with E-state index in [0.717, 1.165) is 18.8 Å². The Morgan fingerprint density at radius 3 is 3.33 bits per heavy atom. The van der Waals surface area contributed by atoms with E-state index in [1.807, 2.05) is 11.2 Å². The third-order valence-corrected chi connectivity index (χ3v) is 1.30. The van der Waals surface area contributed by atoms with Crippen LogP contribution < -0.4 is 0 Å². The first-order valence-electron chi connectivity index (χ1n) is 2.85. The minimum Gasteiger partial charge on any atom is -0.244 e. The van der Waals surface area contributed by atoms with Crippen LogP contribution in [0, 0.1) is 0 Å². The lowest BCUT2D eigenvalue weighted by Gasteiger charge is -2.13. The molecule has 2 aliphatic heterocycles. The maximum absolute atomic E-state index is 4.04. The van der Waals surface area contributed by atoms with E-state index >= 15 is 0 Å². The normalized spacial score (nSPS) is 22.2. The molecule has 0 aromatic carbocycles. The molecule has 0 aromatic heterocycles. The molecule has 0 saturated heterocycles. The molecule has 0 N–H and O–H groups in total. The molecule has 2 aliphatic rings. The van der Waals surface area contributed by atoms with Crippen molar-refractivity contribution in [3.63, 3.8) is 0 Å². The zero-order valence-electron chi connectivity index (χ0n) is 4.86. The molecule has 4 nitrogen and oxygen atoms in total. The number of rotatable bonds is 0. The fraction of sp³-hybridized carbons (Fsp3) is 0.400. The third-order valence-electron chi connectivity index (χ3n) is 1.30. The Hall–Kier alpha value is -1.19. The lowest BCUT2D eigenvalue weighted by molar-refractivity contribution is 0.514. The Bertz CT molecular complexity index is 203. The maximum atomic E-state index is 4.04. The summed E-state index contributed by atoms with van der Waals surface area (Å²) in [5.41, 5.74) is 0. The number of hydrogen-bond donors (Lipinski definition) is 0. The summed E-state index contributed by atoms with van der Waals surface area (Å²) in [6.07, 6.45) is 4.41. The van der Waals surface area contributed by atoms with E-state index in [0.29, 0.717) is 0 Å². The average Bonchev–Trinajstić information content (AvgIpc) is 2.33. The predicted molar refractivity (Wildman–Crippen MR) is 35.7 cm³/mol. The van der Waals surface area contributed by atoms with Crippen LogP contribution in [0.2, 0.25) is 0 Å². The second kappa shape index (κ2) is 1.65. The second-order valence-electron chi connectivity index (χ2n) is 1.90. The minimum atomic E-state index is 0.773. The fourth-order valence-electron chi connectivity index (χ4n) is 0.859. The molecule has 0 amide bonds. The van der Waals surface area contributed by atoms with Gasteiger partial charge >= 0.3 is 0 Å². The van der Waals surface area contributed by atoms with Crippen molar-refractivity contribution in [3.05, 3.63) is 0 Å². The molecule has 0 atom stereocenters. The van der Waals surface area contributed by atoms with Crippen molar-refractivity contribution in [3.8, 4) is 0 Å². The highest BCUT2D eigenvalue weighted by atomic mass is 15.5. The molecular formula is C5H6N4. The lowest BCUT2D eigenvalue weighted by atomic mass is 10.4. The van der Waals surface area contributed by atoms with Gasteiger partial charge in [0.2, 0.25) is 0 Å². The molecule has 0 fully saturated rings. The van der Waals surface area contributed by atoms with Gasteiger partial charge in [-0.05, 0) is 0 Å². The lowest BCUT2D eigenvalue weighted by Crippen LogP contribution is -2.25. The molecular weight excluding hydrogens is 116 g/mol. The number of hydrazone groups is 1. The Balaban J connectivity index is 2.29. The first kappa shape index (κ1) is 4.67. The maximum Gasteiger partial charge on any atom is 0.153 e. The van der Waals surface area contributed by atoms with Crippen molar-refractivity contribution in [1.82, 2.24) is 5.01 Å². The van der Waals surface area contributed by atoms with Gasteiger partial charge in [0.1, 0.15) is 0 Å². The van der Waals surface area contributed by atoms with Gasteiger partial charge in [0, 0.05) is 18.9 Å². The first-order valence-corrected chi connectivity index (χ1v) is 2.85. The van der Waals surface area contributed by atoms with E-state index in [9.17, 15) is 0 Å². The summed E-state index contributed by atoms with van der Waals surface area (Å²) in [6, 6.07) is 0. The zero-order valence-corrected chi connectivity index (χ0v) is 4.86. The summed E-state index contributed by atoms with van der Waals surface area (Å²) in [6.45, 7) is 0.773. The van der Waals surface area contributed by atoms with Gasteiger partial charge in [0.05, 0.1) is 6.54 Å². The Morgan fingerprint density at radius 1 is 1.44 bits per heavy atom. The van der Waals surface area contributed by atoms with Gasteiger partial charge in [-0.25, -0.2) is 5.01 Å². The van der Waals surface area contributed by atoms with Gasteiger partial charge in [-0.3, -0.25) is 0 Å². The molecule has 0 bridgehead atoms. The average molecular weight is 122 g/mol. The minimum absolute atomic E-state index is 0.773. The molecule has 0 radical (unpaired) electrons. The molecule has 9 heavy (non-hydrogen) atoms. The van der Waals surface area contributed by atoms with E-state index < -0.39 is 0 Å². The number of amidine groups is 1. The summed E-state index contributed by atoms with van der Waals surface area (Å²) in [4.78, 5) is 0. The molecule has 46 valence electrons. The summed E-state index contributed by atoms with van der Waals surface area (Å²) in [7, 11) is 0. The first-order chi connectivity index (χ1) is 4.47. The second-order valence-corrected chi connectivity index (χ2v) is 1.90. The van der Waals surface area contributed by atoms with Crippen LogP contribution in [0.1, 0.15) is 6.42 Å². The summed E-state index contributed by atoms with van der Waals surface area (Å²) in [5.74, 6) is 0.956. The molecule has 0 unspecified atom stereocenters. The monoisotopic (exact) mass is 122 g/mol. The number of fused-ring (bicyclic) bond motifs is 1. The largest absolute Gasteiger partial charge is 0.244 e. The molecule has 2 rings (SSSR count). The fourth-order valence-corrected chi connectivity index (χ4v) is 0.859. The van der Waals surface area contributed by atoms with Crippen molar-refractivity contribution in [2.75, 3.05) is 6.54 Å². The van der Waals surface area contributed by atoms with E-state index in [1.165, 1.54) is 0 Å². The van der Waals surface area contributed by atoms with Crippen LogP contribution in [0.3, 0.4) is 0 Å². The molecule has 0 spiro atoms. The van der Waals surface area contributed by atoms with Crippen LogP contribution in [0.4, 0.5) is 0 Å². The van der Waals surface area contributed by atoms with Crippen LogP contribution in [-0.4, -0.2) is 29.8 Å². The topological polar surface area (TPSA) is 40.3 Å². The van der Waals surface area contributed by atoms with Crippen molar-refractivity contribution >= 4 is 18.3 Å². The van der Waals surface area contributed by atoms with Gasteiger partial charge in [-0.1, -0.05) is 0 Å². The Kier molecular flexibility index (Phi) is 0.855. The quantitative estimate of drug-likeness (QED) is 0.448. The third kappa shape index (κ3) is 0.630. The van der Waals surface area contributed by atoms with E-state index in [2.05, 4.69) is 15.3 Å². The van der Waals surface area contributed by atoms with E-state index in [1.54, 1.807) is 6.21 Å². The van der Waals surface area contributed by atoms with Crippen LogP contribution in [0.15, 0.2) is 15.3 Å². The van der Waals surface area contributed by atoms with Gasteiger partial charge in [-0.15, -0.1) is 5.10 Å². The smallest absolute Gasteiger partial charge is 0.153 e. The van der Waals surface area contributed by atoms with Gasteiger partial charge < -0.3 is 0 Å². The van der Waals surface area contributed by atoms with E-state index in [-0.39, 0.29) is 0 Å². The van der Waals surface area contributed by atoms with Crippen LogP contribution in [-0.2, 0) is 0 Å². The van der Waals surface area contributed by atoms with Crippen LogP contribution in [0.25, 0.3) is 0 Å². The molecule has 4 heteroatoms. The van der Waals surface area contributed by atoms with Gasteiger partial charge in [0.15, 0.2) is 5.84 Å². The standard InChI is InChI=1S/C5H6N4/c1-2-7-9-4-3-6-8-5(1)9/h2-3H,1,4H2.